The van der Waals surface area contributed by atoms with Crippen molar-refractivity contribution in [1.82, 2.24) is 5.32 Å². The molecule has 0 aromatic heterocycles. The van der Waals surface area contributed by atoms with E-state index in [1.807, 2.05) is 54.6 Å². The zero-order valence-corrected chi connectivity index (χ0v) is 16.2. The molecule has 150 valence electrons. The Morgan fingerprint density at radius 3 is 2.17 bits per heavy atom. The first-order chi connectivity index (χ1) is 14.5. The Kier molecular flexibility index (Phi) is 5.17. The van der Waals surface area contributed by atoms with Gasteiger partial charge < -0.3 is 15.4 Å². The van der Waals surface area contributed by atoms with E-state index in [-0.39, 0.29) is 17.0 Å². The number of imide groups is 1. The molecular formula is C23H19N3O4. The molecule has 0 spiro atoms. The summed E-state index contributed by atoms with van der Waals surface area (Å²) in [7, 11) is 0. The zero-order valence-electron chi connectivity index (χ0n) is 16.2. The second-order valence-corrected chi connectivity index (χ2v) is 6.83. The number of hydrogen-bond acceptors (Lipinski definition) is 5. The van der Waals surface area contributed by atoms with Gasteiger partial charge in [-0.05, 0) is 42.0 Å². The number of carbonyl (C=O) groups is 3. The first-order valence-electron chi connectivity index (χ1n) is 9.35. The summed E-state index contributed by atoms with van der Waals surface area (Å²) in [5.41, 5.74) is 3.23. The Morgan fingerprint density at radius 1 is 0.900 bits per heavy atom. The van der Waals surface area contributed by atoms with Crippen molar-refractivity contribution in [3.63, 3.8) is 0 Å². The van der Waals surface area contributed by atoms with Gasteiger partial charge in [-0.3, -0.25) is 19.7 Å². The van der Waals surface area contributed by atoms with E-state index in [0.29, 0.717) is 23.7 Å². The van der Waals surface area contributed by atoms with Gasteiger partial charge in [0.1, 0.15) is 12.4 Å². The molecule has 1 heterocycles. The van der Waals surface area contributed by atoms with Crippen molar-refractivity contribution in [2.24, 2.45) is 0 Å². The molecule has 0 bridgehead atoms. The fraction of sp³-hybridized carbons (Fsp3) is 0.0870. The van der Waals surface area contributed by atoms with Gasteiger partial charge in [0.05, 0.1) is 22.5 Å². The molecular weight excluding hydrogens is 382 g/mol. The van der Waals surface area contributed by atoms with Crippen molar-refractivity contribution in [3.05, 3.63) is 83.4 Å². The first kappa shape index (κ1) is 19.2. The quantitative estimate of drug-likeness (QED) is 0.545. The molecule has 3 amide bonds. The molecule has 3 aromatic carbocycles. The van der Waals surface area contributed by atoms with Crippen LogP contribution in [-0.2, 0) is 11.4 Å². The van der Waals surface area contributed by atoms with Crippen LogP contribution in [0.4, 0.5) is 17.1 Å². The molecule has 0 fully saturated rings. The number of hydrogen-bond donors (Lipinski definition) is 3. The molecule has 3 N–H and O–H groups in total. The Bertz CT molecular complexity index is 1130. The van der Waals surface area contributed by atoms with Crippen LogP contribution in [0.15, 0.2) is 66.7 Å². The summed E-state index contributed by atoms with van der Waals surface area (Å²) in [6.45, 7) is 1.84. The number of anilines is 3. The van der Waals surface area contributed by atoms with Gasteiger partial charge in [0.2, 0.25) is 5.91 Å². The Balaban J connectivity index is 1.53. The van der Waals surface area contributed by atoms with Crippen LogP contribution in [0.3, 0.4) is 0 Å². The van der Waals surface area contributed by atoms with Crippen molar-refractivity contribution in [2.45, 2.75) is 13.5 Å². The normalized spacial score (nSPS) is 12.2. The van der Waals surface area contributed by atoms with Gasteiger partial charge in [-0.1, -0.05) is 30.3 Å². The maximum atomic E-state index is 12.0. The standard InChI is InChI=1S/C23H19N3O4/c1-14(27)24-20-11-18-19(23(29)26-22(18)28)12-21(20)25-16-7-9-17(10-8-16)30-13-15-5-3-2-4-6-15/h2-12,25H,13H2,1H3,(H,24,27)(H,26,28,29). The zero-order chi connectivity index (χ0) is 21.1. The maximum absolute atomic E-state index is 12.0. The topological polar surface area (TPSA) is 96.5 Å². The van der Waals surface area contributed by atoms with Crippen LogP contribution in [0.2, 0.25) is 0 Å². The van der Waals surface area contributed by atoms with Crippen LogP contribution in [0, 0.1) is 0 Å². The van der Waals surface area contributed by atoms with E-state index in [4.69, 9.17) is 4.74 Å². The number of ether oxygens (including phenoxy) is 1. The second kappa shape index (κ2) is 8.08. The molecule has 3 aromatic rings. The van der Waals surface area contributed by atoms with Crippen molar-refractivity contribution < 1.29 is 19.1 Å². The van der Waals surface area contributed by atoms with Crippen LogP contribution in [-0.4, -0.2) is 17.7 Å². The minimum Gasteiger partial charge on any atom is -0.489 e. The largest absolute Gasteiger partial charge is 0.489 e. The van der Waals surface area contributed by atoms with Gasteiger partial charge in [0, 0.05) is 12.6 Å². The lowest BCUT2D eigenvalue weighted by Crippen LogP contribution is -2.19. The predicted molar refractivity (Wildman–Crippen MR) is 113 cm³/mol. The summed E-state index contributed by atoms with van der Waals surface area (Å²) < 4.78 is 5.78. The highest BCUT2D eigenvalue weighted by Gasteiger charge is 2.28. The van der Waals surface area contributed by atoms with Gasteiger partial charge in [0.25, 0.3) is 11.8 Å². The number of fused-ring (bicyclic) bond motifs is 1. The molecule has 1 aliphatic rings. The second-order valence-electron chi connectivity index (χ2n) is 6.83. The number of carbonyl (C=O) groups excluding carboxylic acids is 3. The monoisotopic (exact) mass is 401 g/mol. The third-order valence-corrected chi connectivity index (χ3v) is 4.57. The average molecular weight is 401 g/mol. The smallest absolute Gasteiger partial charge is 0.259 e. The summed E-state index contributed by atoms with van der Waals surface area (Å²) in [6.07, 6.45) is 0. The van der Waals surface area contributed by atoms with Gasteiger partial charge in [-0.15, -0.1) is 0 Å². The van der Waals surface area contributed by atoms with Crippen molar-refractivity contribution >= 4 is 34.8 Å². The third-order valence-electron chi connectivity index (χ3n) is 4.57. The fourth-order valence-corrected chi connectivity index (χ4v) is 3.14. The van der Waals surface area contributed by atoms with Crippen molar-refractivity contribution in [2.75, 3.05) is 10.6 Å². The van der Waals surface area contributed by atoms with E-state index < -0.39 is 11.8 Å². The van der Waals surface area contributed by atoms with Crippen LogP contribution >= 0.6 is 0 Å². The van der Waals surface area contributed by atoms with Gasteiger partial charge >= 0.3 is 0 Å². The molecule has 7 heteroatoms. The average Bonchev–Trinajstić information content (AvgIpc) is 3.01. The van der Waals surface area contributed by atoms with E-state index in [1.165, 1.54) is 13.0 Å². The van der Waals surface area contributed by atoms with Crippen LogP contribution in [0.5, 0.6) is 5.75 Å². The van der Waals surface area contributed by atoms with Crippen LogP contribution in [0.25, 0.3) is 0 Å². The number of rotatable bonds is 6. The molecule has 1 aliphatic heterocycles. The van der Waals surface area contributed by atoms with Crippen molar-refractivity contribution in [3.8, 4) is 5.75 Å². The van der Waals surface area contributed by atoms with E-state index >= 15 is 0 Å². The number of nitrogens with one attached hydrogen (secondary N) is 3. The molecule has 0 saturated heterocycles. The molecule has 0 unspecified atom stereocenters. The molecule has 7 nitrogen and oxygen atoms in total. The minimum atomic E-state index is -0.479. The van der Waals surface area contributed by atoms with Crippen LogP contribution in [0.1, 0.15) is 33.2 Å². The molecule has 30 heavy (non-hydrogen) atoms. The lowest BCUT2D eigenvalue weighted by Gasteiger charge is -2.14. The highest BCUT2D eigenvalue weighted by Crippen LogP contribution is 2.32. The summed E-state index contributed by atoms with van der Waals surface area (Å²) >= 11 is 0. The van der Waals surface area contributed by atoms with E-state index in [0.717, 1.165) is 11.3 Å². The molecule has 4 rings (SSSR count). The predicted octanol–water partition coefficient (Wildman–Crippen LogP) is 3.85. The molecule has 0 saturated carbocycles. The van der Waals surface area contributed by atoms with E-state index in [1.54, 1.807) is 6.07 Å². The van der Waals surface area contributed by atoms with Crippen molar-refractivity contribution in [1.29, 1.82) is 0 Å². The fourth-order valence-electron chi connectivity index (χ4n) is 3.14. The lowest BCUT2D eigenvalue weighted by molar-refractivity contribution is -0.114. The molecule has 0 atom stereocenters. The maximum Gasteiger partial charge on any atom is 0.259 e. The number of benzene rings is 3. The summed E-state index contributed by atoms with van der Waals surface area (Å²) in [4.78, 5) is 35.5. The highest BCUT2D eigenvalue weighted by molar-refractivity contribution is 6.22. The summed E-state index contributed by atoms with van der Waals surface area (Å²) in [6, 6.07) is 20.2. The summed E-state index contributed by atoms with van der Waals surface area (Å²) in [5, 5.41) is 8.13. The van der Waals surface area contributed by atoms with Crippen LogP contribution < -0.4 is 20.7 Å². The number of amides is 3. The minimum absolute atomic E-state index is 0.235. The Hall–Kier alpha value is -4.13. The Morgan fingerprint density at radius 2 is 1.53 bits per heavy atom. The molecule has 0 aliphatic carbocycles. The third kappa shape index (κ3) is 4.15. The van der Waals surface area contributed by atoms with Gasteiger partial charge in [-0.25, -0.2) is 0 Å². The van der Waals surface area contributed by atoms with Gasteiger partial charge in [-0.2, -0.15) is 0 Å². The Labute approximate surface area is 173 Å². The SMILES string of the molecule is CC(=O)Nc1cc2c(cc1Nc1ccc(OCc3ccccc3)cc1)C(=O)NC2=O. The highest BCUT2D eigenvalue weighted by atomic mass is 16.5. The summed E-state index contributed by atoms with van der Waals surface area (Å²) in [5.74, 6) is -0.511. The van der Waals surface area contributed by atoms with E-state index in [9.17, 15) is 14.4 Å². The van der Waals surface area contributed by atoms with E-state index in [2.05, 4.69) is 16.0 Å². The molecule has 0 radical (unpaired) electrons. The lowest BCUT2D eigenvalue weighted by atomic mass is 10.1. The van der Waals surface area contributed by atoms with Gasteiger partial charge in [0.15, 0.2) is 0 Å². The first-order valence-corrected chi connectivity index (χ1v) is 9.35.